The van der Waals surface area contributed by atoms with Crippen LogP contribution in [0.3, 0.4) is 0 Å². The highest BCUT2D eigenvalue weighted by Crippen LogP contribution is 2.27. The summed E-state index contributed by atoms with van der Waals surface area (Å²) in [6, 6.07) is 5.66. The first-order valence-corrected chi connectivity index (χ1v) is 4.83. The zero-order valence-corrected chi connectivity index (χ0v) is 9.58. The van der Waals surface area contributed by atoms with E-state index in [1.807, 2.05) is 0 Å². The Morgan fingerprint density at radius 3 is 2.08 bits per heavy atom. The molecule has 0 fully saturated rings. The fourth-order valence-corrected chi connectivity index (χ4v) is 1.71. The van der Waals surface area contributed by atoms with E-state index >= 15 is 0 Å². The van der Waals surface area contributed by atoms with Crippen molar-refractivity contribution >= 4 is 0 Å². The van der Waals surface area contributed by atoms with Crippen LogP contribution in [0.25, 0.3) is 0 Å². The molecule has 0 atom stereocenters. The maximum Gasteiger partial charge on any atom is -0.0109 e. The highest BCUT2D eigenvalue weighted by atomic mass is 14.2. The van der Waals surface area contributed by atoms with E-state index in [1.54, 1.807) is 0 Å². The topological polar surface area (TPSA) is 0 Å². The Labute approximate surface area is 82.0 Å². The lowest BCUT2D eigenvalue weighted by molar-refractivity contribution is 0.583. The van der Waals surface area contributed by atoms with Gasteiger partial charge in [0.25, 0.3) is 0 Å². The normalized spacial score (nSPS) is 11.8. The Morgan fingerprint density at radius 1 is 1.08 bits per heavy atom. The molecule has 71 valence electrons. The van der Waals surface area contributed by atoms with Crippen molar-refractivity contribution in [2.45, 2.75) is 47.0 Å². The molecule has 0 aliphatic rings. The second-order valence-corrected chi connectivity index (χ2v) is 4.89. The number of hydrogen-bond acceptors (Lipinski definition) is 0. The van der Waals surface area contributed by atoms with Crippen LogP contribution in [0, 0.1) is 26.8 Å². The summed E-state index contributed by atoms with van der Waals surface area (Å²) >= 11 is 0. The van der Waals surface area contributed by atoms with E-state index in [1.165, 1.54) is 22.3 Å². The molecule has 1 aromatic rings. The molecule has 0 heteroatoms. The number of benzene rings is 1. The van der Waals surface area contributed by atoms with Gasteiger partial charge in [-0.3, -0.25) is 0 Å². The summed E-state index contributed by atoms with van der Waals surface area (Å²) in [5.74, 6) is 0. The van der Waals surface area contributed by atoms with Gasteiger partial charge in [-0.15, -0.1) is 0 Å². The lowest BCUT2D eigenvalue weighted by Crippen LogP contribution is -2.14. The van der Waals surface area contributed by atoms with Gasteiger partial charge in [0.1, 0.15) is 0 Å². The molecule has 0 N–H and O–H groups in total. The van der Waals surface area contributed by atoms with Gasteiger partial charge >= 0.3 is 0 Å². The third kappa shape index (κ3) is 2.12. The van der Waals surface area contributed by atoms with Crippen LogP contribution in [0.15, 0.2) is 6.07 Å². The van der Waals surface area contributed by atoms with E-state index < -0.39 is 0 Å². The Balaban J connectivity index is 3.37. The van der Waals surface area contributed by atoms with Gasteiger partial charge in [-0.2, -0.15) is 0 Å². The van der Waals surface area contributed by atoms with Gasteiger partial charge in [0.15, 0.2) is 0 Å². The van der Waals surface area contributed by atoms with Crippen LogP contribution in [0.2, 0.25) is 0 Å². The highest BCUT2D eigenvalue weighted by Gasteiger charge is 2.17. The summed E-state index contributed by atoms with van der Waals surface area (Å²) in [5, 5.41) is 0. The zero-order valence-electron chi connectivity index (χ0n) is 9.58. The van der Waals surface area contributed by atoms with E-state index in [0.717, 1.165) is 0 Å². The van der Waals surface area contributed by atoms with Crippen LogP contribution >= 0.6 is 0 Å². The standard InChI is InChI=1S/C13H19/c1-9-7-10(2)11(3)12(8-9)13(4,5)6/h7H,1-6H3. The van der Waals surface area contributed by atoms with Gasteiger partial charge in [-0.25, -0.2) is 0 Å². The maximum atomic E-state index is 3.46. The molecule has 0 bridgehead atoms. The second kappa shape index (κ2) is 3.17. The van der Waals surface area contributed by atoms with Crippen molar-refractivity contribution in [3.05, 3.63) is 34.4 Å². The van der Waals surface area contributed by atoms with Gasteiger partial charge < -0.3 is 0 Å². The van der Waals surface area contributed by atoms with Crippen LogP contribution in [-0.2, 0) is 5.41 Å². The first kappa shape index (κ1) is 10.3. The first-order valence-electron chi connectivity index (χ1n) is 4.83. The molecule has 0 unspecified atom stereocenters. The molecule has 13 heavy (non-hydrogen) atoms. The zero-order chi connectivity index (χ0) is 10.2. The molecule has 1 rings (SSSR count). The Hall–Kier alpha value is -0.780. The molecule has 0 spiro atoms. The minimum Gasteiger partial charge on any atom is -0.0560 e. The van der Waals surface area contributed by atoms with Gasteiger partial charge in [-0.05, 0) is 54.5 Å². The largest absolute Gasteiger partial charge is 0.0560 e. The summed E-state index contributed by atoms with van der Waals surface area (Å²) < 4.78 is 0. The summed E-state index contributed by atoms with van der Waals surface area (Å²) in [6.45, 7) is 13.2. The summed E-state index contributed by atoms with van der Waals surface area (Å²) in [7, 11) is 0. The van der Waals surface area contributed by atoms with E-state index in [-0.39, 0.29) is 5.41 Å². The lowest BCUT2D eigenvalue weighted by atomic mass is 9.82. The molecule has 1 aromatic carbocycles. The van der Waals surface area contributed by atoms with Gasteiger partial charge in [0, 0.05) is 0 Å². The molecule has 1 radical (unpaired) electrons. The molecule has 0 heterocycles. The lowest BCUT2D eigenvalue weighted by Gasteiger charge is -2.23. The first-order chi connectivity index (χ1) is 5.82. The molecule has 0 aliphatic heterocycles. The number of aryl methyl sites for hydroxylation is 2. The minimum atomic E-state index is 0.209. The van der Waals surface area contributed by atoms with Crippen molar-refractivity contribution in [3.63, 3.8) is 0 Å². The summed E-state index contributed by atoms with van der Waals surface area (Å²) in [6.07, 6.45) is 0. The smallest absolute Gasteiger partial charge is 0.0109 e. The molecule has 0 aliphatic carbocycles. The minimum absolute atomic E-state index is 0.209. The average Bonchev–Trinajstić information content (AvgIpc) is 1.94. The van der Waals surface area contributed by atoms with Crippen LogP contribution in [0.1, 0.15) is 43.0 Å². The highest BCUT2D eigenvalue weighted by molar-refractivity contribution is 5.39. The van der Waals surface area contributed by atoms with Gasteiger partial charge in [-0.1, -0.05) is 26.8 Å². The molecular weight excluding hydrogens is 156 g/mol. The summed E-state index contributed by atoms with van der Waals surface area (Å²) in [4.78, 5) is 0. The Morgan fingerprint density at radius 2 is 1.62 bits per heavy atom. The number of hydrogen-bond donors (Lipinski definition) is 0. The monoisotopic (exact) mass is 175 g/mol. The van der Waals surface area contributed by atoms with Crippen molar-refractivity contribution in [2.75, 3.05) is 0 Å². The third-order valence-corrected chi connectivity index (χ3v) is 2.47. The van der Waals surface area contributed by atoms with E-state index in [2.05, 4.69) is 53.7 Å². The predicted octanol–water partition coefficient (Wildman–Crippen LogP) is 3.71. The van der Waals surface area contributed by atoms with E-state index in [4.69, 9.17) is 0 Å². The van der Waals surface area contributed by atoms with Crippen LogP contribution < -0.4 is 0 Å². The molecule has 0 aromatic heterocycles. The fraction of sp³-hybridized carbons (Fsp3) is 0.538. The molecular formula is C13H19. The van der Waals surface area contributed by atoms with Crippen molar-refractivity contribution in [1.82, 2.24) is 0 Å². The van der Waals surface area contributed by atoms with Crippen LogP contribution in [0.4, 0.5) is 0 Å². The second-order valence-electron chi connectivity index (χ2n) is 4.89. The Bertz CT molecular complexity index is 314. The van der Waals surface area contributed by atoms with Crippen LogP contribution in [0.5, 0.6) is 0 Å². The molecule has 0 saturated carbocycles. The van der Waals surface area contributed by atoms with E-state index in [9.17, 15) is 0 Å². The quantitative estimate of drug-likeness (QED) is 0.564. The van der Waals surface area contributed by atoms with Crippen molar-refractivity contribution in [3.8, 4) is 0 Å². The van der Waals surface area contributed by atoms with Crippen molar-refractivity contribution in [2.24, 2.45) is 0 Å². The van der Waals surface area contributed by atoms with Crippen molar-refractivity contribution < 1.29 is 0 Å². The van der Waals surface area contributed by atoms with Gasteiger partial charge in [0.2, 0.25) is 0 Å². The predicted molar refractivity (Wildman–Crippen MR) is 58.2 cm³/mol. The Kier molecular flexibility index (Phi) is 2.51. The maximum absolute atomic E-state index is 3.46. The van der Waals surface area contributed by atoms with E-state index in [0.29, 0.717) is 0 Å². The SMILES string of the molecule is Cc1[c]c(C(C)(C)C)c(C)c(C)c1. The molecule has 0 nitrogen and oxygen atoms in total. The average molecular weight is 175 g/mol. The van der Waals surface area contributed by atoms with Gasteiger partial charge in [0.05, 0.1) is 0 Å². The third-order valence-electron chi connectivity index (χ3n) is 2.47. The van der Waals surface area contributed by atoms with Crippen molar-refractivity contribution in [1.29, 1.82) is 0 Å². The fourth-order valence-electron chi connectivity index (χ4n) is 1.71. The number of rotatable bonds is 0. The van der Waals surface area contributed by atoms with Crippen LogP contribution in [-0.4, -0.2) is 0 Å². The molecule has 0 amide bonds. The summed E-state index contributed by atoms with van der Waals surface area (Å²) in [5.41, 5.74) is 5.57. The molecule has 0 saturated heterocycles.